The number of amides is 2. The zero-order valence-electron chi connectivity index (χ0n) is 15.3. The third-order valence-electron chi connectivity index (χ3n) is 3.67. The maximum absolute atomic E-state index is 12.7. The molecule has 2 aromatic rings. The molecule has 0 unspecified atom stereocenters. The molecule has 2 amide bonds. The summed E-state index contributed by atoms with van der Waals surface area (Å²) in [6.45, 7) is 6.07. The van der Waals surface area contributed by atoms with Gasteiger partial charge in [0.15, 0.2) is 0 Å². The van der Waals surface area contributed by atoms with Gasteiger partial charge in [0.1, 0.15) is 0 Å². The lowest BCUT2D eigenvalue weighted by atomic mass is 10.2. The normalized spacial score (nSPS) is 12.0. The first-order chi connectivity index (χ1) is 12.6. The summed E-state index contributed by atoms with van der Waals surface area (Å²) in [6, 6.07) is 4.26. The second kappa shape index (κ2) is 8.38. The first-order valence-corrected chi connectivity index (χ1v) is 8.47. The molecule has 0 atom stereocenters. The highest BCUT2D eigenvalue weighted by Gasteiger charge is 2.34. The Morgan fingerprint density at radius 3 is 2.48 bits per heavy atom. The minimum atomic E-state index is -4.57. The maximum Gasteiger partial charge on any atom is 0.449 e. The molecule has 0 radical (unpaired) electrons. The van der Waals surface area contributed by atoms with Crippen LogP contribution in [0.1, 0.15) is 26.6 Å². The molecule has 3 N–H and O–H groups in total. The van der Waals surface area contributed by atoms with Crippen LogP contribution in [0.2, 0.25) is 0 Å². The standard InChI is InChI=1S/C17H22F3N5O2/c1-4-25(8-14(26)21-10(2)3)9-15(27)22-11-5-6-12-13(7-11)24-16(23-12)17(18,19)20/h5-7,10H,4,8-9H2,1-3H3,(H,21,26)(H,22,27)(H,23,24). The van der Waals surface area contributed by atoms with E-state index in [1.165, 1.54) is 18.2 Å². The SMILES string of the molecule is CCN(CC(=O)Nc1ccc2nc(C(F)(F)F)[nH]c2c1)CC(=O)NC(C)C. The Hall–Kier alpha value is -2.62. The molecular formula is C17H22F3N5O2. The van der Waals surface area contributed by atoms with E-state index < -0.39 is 12.0 Å². The molecule has 148 valence electrons. The molecule has 0 saturated carbocycles. The van der Waals surface area contributed by atoms with Gasteiger partial charge in [-0.2, -0.15) is 13.2 Å². The molecule has 2 rings (SSSR count). The second-order valence-electron chi connectivity index (χ2n) is 6.39. The highest BCUT2D eigenvalue weighted by molar-refractivity contribution is 5.94. The van der Waals surface area contributed by atoms with Crippen LogP contribution in [-0.4, -0.2) is 52.4 Å². The van der Waals surface area contributed by atoms with Gasteiger partial charge in [0, 0.05) is 11.7 Å². The number of nitrogens with zero attached hydrogens (tertiary/aromatic N) is 2. The van der Waals surface area contributed by atoms with Gasteiger partial charge in [-0.05, 0) is 38.6 Å². The van der Waals surface area contributed by atoms with Gasteiger partial charge < -0.3 is 15.6 Å². The maximum atomic E-state index is 12.7. The molecule has 0 aliphatic rings. The number of carbonyl (C=O) groups is 2. The van der Waals surface area contributed by atoms with Gasteiger partial charge in [-0.3, -0.25) is 14.5 Å². The lowest BCUT2D eigenvalue weighted by Gasteiger charge is -2.20. The van der Waals surface area contributed by atoms with E-state index in [0.717, 1.165) is 0 Å². The van der Waals surface area contributed by atoms with Crippen molar-refractivity contribution in [1.29, 1.82) is 0 Å². The molecule has 0 saturated heterocycles. The number of H-pyrrole nitrogens is 1. The van der Waals surface area contributed by atoms with Crippen molar-refractivity contribution in [3.05, 3.63) is 24.0 Å². The summed E-state index contributed by atoms with van der Waals surface area (Å²) < 4.78 is 38.1. The van der Waals surface area contributed by atoms with Gasteiger partial charge in [-0.25, -0.2) is 4.98 Å². The van der Waals surface area contributed by atoms with Gasteiger partial charge in [-0.1, -0.05) is 6.92 Å². The van der Waals surface area contributed by atoms with Crippen LogP contribution in [0.25, 0.3) is 11.0 Å². The highest BCUT2D eigenvalue weighted by Crippen LogP contribution is 2.29. The van der Waals surface area contributed by atoms with Crippen molar-refractivity contribution in [2.24, 2.45) is 0 Å². The van der Waals surface area contributed by atoms with Gasteiger partial charge in [-0.15, -0.1) is 0 Å². The zero-order chi connectivity index (χ0) is 20.2. The van der Waals surface area contributed by atoms with E-state index in [1.54, 1.807) is 4.90 Å². The Bertz CT molecular complexity index is 816. The molecule has 0 spiro atoms. The van der Waals surface area contributed by atoms with E-state index in [1.807, 2.05) is 20.8 Å². The number of aromatic nitrogens is 2. The quantitative estimate of drug-likeness (QED) is 0.683. The summed E-state index contributed by atoms with van der Waals surface area (Å²) in [5.41, 5.74) is 0.664. The van der Waals surface area contributed by atoms with Crippen LogP contribution in [-0.2, 0) is 15.8 Å². The lowest BCUT2D eigenvalue weighted by molar-refractivity contribution is -0.144. The first kappa shape index (κ1) is 20.7. The number of carbonyl (C=O) groups excluding carboxylic acids is 2. The summed E-state index contributed by atoms with van der Waals surface area (Å²) in [6.07, 6.45) is -4.57. The largest absolute Gasteiger partial charge is 0.449 e. The van der Waals surface area contributed by atoms with Crippen LogP contribution >= 0.6 is 0 Å². The number of halogens is 3. The minimum Gasteiger partial charge on any atom is -0.353 e. The number of hydrogen-bond acceptors (Lipinski definition) is 4. The lowest BCUT2D eigenvalue weighted by Crippen LogP contribution is -2.42. The van der Waals surface area contributed by atoms with Crippen LogP contribution in [0.3, 0.4) is 0 Å². The third kappa shape index (κ3) is 5.95. The van der Waals surface area contributed by atoms with E-state index in [4.69, 9.17) is 0 Å². The molecule has 1 heterocycles. The number of aromatic amines is 1. The van der Waals surface area contributed by atoms with Crippen LogP contribution in [0.5, 0.6) is 0 Å². The number of imidazole rings is 1. The monoisotopic (exact) mass is 385 g/mol. The Balaban J connectivity index is 2.00. The van der Waals surface area contributed by atoms with Crippen LogP contribution in [0, 0.1) is 0 Å². The van der Waals surface area contributed by atoms with Gasteiger partial charge >= 0.3 is 6.18 Å². The highest BCUT2D eigenvalue weighted by atomic mass is 19.4. The van der Waals surface area contributed by atoms with E-state index in [9.17, 15) is 22.8 Å². The average molecular weight is 385 g/mol. The minimum absolute atomic E-state index is 0.00718. The van der Waals surface area contributed by atoms with E-state index in [-0.39, 0.29) is 42.0 Å². The summed E-state index contributed by atoms with van der Waals surface area (Å²) in [5, 5.41) is 5.37. The summed E-state index contributed by atoms with van der Waals surface area (Å²) in [5.74, 6) is -1.64. The van der Waals surface area contributed by atoms with Crippen molar-refractivity contribution in [2.45, 2.75) is 33.0 Å². The predicted molar refractivity (Wildman–Crippen MR) is 95.1 cm³/mol. The van der Waals surface area contributed by atoms with Crippen molar-refractivity contribution < 1.29 is 22.8 Å². The van der Waals surface area contributed by atoms with Gasteiger partial charge in [0.2, 0.25) is 17.6 Å². The van der Waals surface area contributed by atoms with Crippen molar-refractivity contribution in [3.63, 3.8) is 0 Å². The van der Waals surface area contributed by atoms with Crippen molar-refractivity contribution in [3.8, 4) is 0 Å². The molecule has 0 bridgehead atoms. The molecule has 10 heteroatoms. The second-order valence-corrected chi connectivity index (χ2v) is 6.39. The smallest absolute Gasteiger partial charge is 0.353 e. The van der Waals surface area contributed by atoms with E-state index >= 15 is 0 Å². The molecule has 0 fully saturated rings. The molecule has 1 aromatic carbocycles. The third-order valence-corrected chi connectivity index (χ3v) is 3.67. The molecule has 0 aliphatic heterocycles. The number of benzene rings is 1. The summed E-state index contributed by atoms with van der Waals surface area (Å²) >= 11 is 0. The first-order valence-electron chi connectivity index (χ1n) is 8.47. The number of likely N-dealkylation sites (N-methyl/N-ethyl adjacent to an activating group) is 1. The number of hydrogen-bond donors (Lipinski definition) is 3. The Morgan fingerprint density at radius 1 is 1.22 bits per heavy atom. The number of anilines is 1. The molecule has 27 heavy (non-hydrogen) atoms. The number of nitrogens with one attached hydrogen (secondary N) is 3. The fourth-order valence-electron chi connectivity index (χ4n) is 2.48. The number of rotatable bonds is 7. The Kier molecular flexibility index (Phi) is 6.42. The molecular weight excluding hydrogens is 363 g/mol. The van der Waals surface area contributed by atoms with Gasteiger partial charge in [0.25, 0.3) is 0 Å². The summed E-state index contributed by atoms with van der Waals surface area (Å²) in [7, 11) is 0. The summed E-state index contributed by atoms with van der Waals surface area (Å²) in [4.78, 5) is 31.3. The predicted octanol–water partition coefficient (Wildman–Crippen LogP) is 2.37. The number of alkyl halides is 3. The Labute approximate surface area is 154 Å². The fourth-order valence-corrected chi connectivity index (χ4v) is 2.48. The Morgan fingerprint density at radius 2 is 1.89 bits per heavy atom. The van der Waals surface area contributed by atoms with Gasteiger partial charge in [0.05, 0.1) is 24.1 Å². The van der Waals surface area contributed by atoms with Crippen LogP contribution in [0.4, 0.5) is 18.9 Å². The van der Waals surface area contributed by atoms with E-state index in [2.05, 4.69) is 20.6 Å². The average Bonchev–Trinajstić information content (AvgIpc) is 2.96. The van der Waals surface area contributed by atoms with Crippen molar-refractivity contribution in [2.75, 3.05) is 25.0 Å². The van der Waals surface area contributed by atoms with E-state index in [0.29, 0.717) is 12.2 Å². The molecule has 0 aliphatic carbocycles. The van der Waals surface area contributed by atoms with Crippen LogP contribution in [0.15, 0.2) is 18.2 Å². The topological polar surface area (TPSA) is 90.1 Å². The fraction of sp³-hybridized carbons (Fsp3) is 0.471. The number of fused-ring (bicyclic) bond motifs is 1. The zero-order valence-corrected chi connectivity index (χ0v) is 15.3. The van der Waals surface area contributed by atoms with Crippen molar-refractivity contribution >= 4 is 28.5 Å². The molecule has 1 aromatic heterocycles. The molecule has 7 nitrogen and oxygen atoms in total. The van der Waals surface area contributed by atoms with Crippen molar-refractivity contribution in [1.82, 2.24) is 20.2 Å². The van der Waals surface area contributed by atoms with Crippen LogP contribution < -0.4 is 10.6 Å².